The first-order chi connectivity index (χ1) is 12.3. The highest BCUT2D eigenvalue weighted by Gasteiger charge is 2.06. The van der Waals surface area contributed by atoms with Gasteiger partial charge in [0.15, 0.2) is 17.5 Å². The molecule has 7 heteroatoms. The van der Waals surface area contributed by atoms with E-state index in [9.17, 15) is 0 Å². The summed E-state index contributed by atoms with van der Waals surface area (Å²) in [5.41, 5.74) is 0.852. The van der Waals surface area contributed by atoms with Crippen molar-refractivity contribution in [1.82, 2.24) is 10.3 Å². The number of anilines is 1. The summed E-state index contributed by atoms with van der Waals surface area (Å²) >= 11 is 0. The third-order valence-electron chi connectivity index (χ3n) is 3.25. The van der Waals surface area contributed by atoms with Gasteiger partial charge in [0.05, 0.1) is 27.0 Å². The first-order valence-corrected chi connectivity index (χ1v) is 8.07. The zero-order chi connectivity index (χ0) is 17.9. The van der Waals surface area contributed by atoms with Gasteiger partial charge in [0.25, 0.3) is 0 Å². The van der Waals surface area contributed by atoms with Crippen LogP contribution in [0.15, 0.2) is 47.7 Å². The van der Waals surface area contributed by atoms with Crippen LogP contribution in [-0.2, 0) is 0 Å². The van der Waals surface area contributed by atoms with Crippen molar-refractivity contribution in [2.75, 3.05) is 39.2 Å². The number of pyridine rings is 1. The average molecular weight is 344 g/mol. The van der Waals surface area contributed by atoms with Crippen LogP contribution < -0.4 is 24.8 Å². The molecule has 134 valence electrons. The van der Waals surface area contributed by atoms with Crippen molar-refractivity contribution in [3.8, 4) is 17.2 Å². The molecule has 0 bridgehead atoms. The van der Waals surface area contributed by atoms with E-state index >= 15 is 0 Å². The molecule has 7 nitrogen and oxygen atoms in total. The van der Waals surface area contributed by atoms with Gasteiger partial charge in [-0.1, -0.05) is 0 Å². The highest BCUT2D eigenvalue weighted by molar-refractivity contribution is 5.93. The fourth-order valence-corrected chi connectivity index (χ4v) is 2.11. The lowest BCUT2D eigenvalue weighted by Gasteiger charge is -2.14. The molecule has 0 saturated carbocycles. The number of guanidine groups is 1. The fraction of sp³-hybridized carbons (Fsp3) is 0.333. The number of aliphatic imine (C=N–C) groups is 1. The quantitative estimate of drug-likeness (QED) is 0.435. The van der Waals surface area contributed by atoms with Crippen LogP contribution in [-0.4, -0.2) is 44.9 Å². The van der Waals surface area contributed by atoms with Crippen molar-refractivity contribution in [3.63, 3.8) is 0 Å². The molecule has 1 aromatic heterocycles. The minimum atomic E-state index is 0.466. The monoisotopic (exact) mass is 344 g/mol. The topological polar surface area (TPSA) is 77.0 Å². The van der Waals surface area contributed by atoms with E-state index in [-0.39, 0.29) is 0 Å². The van der Waals surface area contributed by atoms with Crippen LogP contribution in [0.4, 0.5) is 5.69 Å². The summed E-state index contributed by atoms with van der Waals surface area (Å²) in [7, 11) is 3.22. The standard InChI is InChI=1S/C18H24N4O3/c1-4-20-18(21-10-11-25-15-6-5-9-19-13-15)22-14-7-8-16(23-2)17(12-14)24-3/h5-9,12-13H,4,10-11H2,1-3H3,(H2,20,21,22). The summed E-state index contributed by atoms with van der Waals surface area (Å²) in [5, 5.41) is 6.43. The largest absolute Gasteiger partial charge is 0.493 e. The molecule has 1 heterocycles. The SMILES string of the molecule is CCNC(=NCCOc1cccnc1)Nc1ccc(OC)c(OC)c1. The predicted molar refractivity (Wildman–Crippen MR) is 98.9 cm³/mol. The molecule has 0 saturated heterocycles. The van der Waals surface area contributed by atoms with Crippen LogP contribution in [0.3, 0.4) is 0 Å². The first kappa shape index (κ1) is 18.4. The van der Waals surface area contributed by atoms with Crippen LogP contribution >= 0.6 is 0 Å². The van der Waals surface area contributed by atoms with Gasteiger partial charge in [-0.25, -0.2) is 4.99 Å². The van der Waals surface area contributed by atoms with Gasteiger partial charge in [-0.2, -0.15) is 0 Å². The molecule has 0 atom stereocenters. The van der Waals surface area contributed by atoms with E-state index in [0.717, 1.165) is 18.0 Å². The maximum absolute atomic E-state index is 5.59. The molecule has 0 spiro atoms. The smallest absolute Gasteiger partial charge is 0.195 e. The molecule has 2 aromatic rings. The first-order valence-electron chi connectivity index (χ1n) is 8.07. The third-order valence-corrected chi connectivity index (χ3v) is 3.25. The number of hydrogen-bond acceptors (Lipinski definition) is 5. The molecule has 0 aliphatic rings. The zero-order valence-corrected chi connectivity index (χ0v) is 14.8. The number of nitrogens with one attached hydrogen (secondary N) is 2. The Morgan fingerprint density at radius 1 is 1.16 bits per heavy atom. The maximum Gasteiger partial charge on any atom is 0.195 e. The molecule has 0 radical (unpaired) electrons. The van der Waals surface area contributed by atoms with Gasteiger partial charge in [0, 0.05) is 24.5 Å². The summed E-state index contributed by atoms with van der Waals surface area (Å²) in [6, 6.07) is 9.31. The summed E-state index contributed by atoms with van der Waals surface area (Å²) in [6.45, 7) is 3.74. The van der Waals surface area contributed by atoms with Gasteiger partial charge in [-0.15, -0.1) is 0 Å². The van der Waals surface area contributed by atoms with Gasteiger partial charge < -0.3 is 24.8 Å². The van der Waals surface area contributed by atoms with E-state index in [1.807, 2.05) is 37.3 Å². The number of benzene rings is 1. The second kappa shape index (κ2) is 10.0. The Labute approximate surface area is 148 Å². The maximum atomic E-state index is 5.59. The van der Waals surface area contributed by atoms with Gasteiger partial charge in [-0.05, 0) is 31.2 Å². The summed E-state index contributed by atoms with van der Waals surface area (Å²) in [5.74, 6) is 2.74. The Kier molecular flexibility index (Phi) is 7.37. The van der Waals surface area contributed by atoms with Crippen molar-refractivity contribution >= 4 is 11.6 Å². The number of methoxy groups -OCH3 is 2. The van der Waals surface area contributed by atoms with E-state index in [0.29, 0.717) is 30.6 Å². The number of rotatable bonds is 8. The van der Waals surface area contributed by atoms with Crippen LogP contribution in [0.1, 0.15) is 6.92 Å². The fourth-order valence-electron chi connectivity index (χ4n) is 2.11. The van der Waals surface area contributed by atoms with E-state index in [1.165, 1.54) is 0 Å². The van der Waals surface area contributed by atoms with E-state index in [2.05, 4.69) is 20.6 Å². The van der Waals surface area contributed by atoms with Crippen molar-refractivity contribution in [2.45, 2.75) is 6.92 Å². The van der Waals surface area contributed by atoms with E-state index in [1.54, 1.807) is 26.6 Å². The third kappa shape index (κ3) is 5.87. The van der Waals surface area contributed by atoms with Crippen molar-refractivity contribution < 1.29 is 14.2 Å². The van der Waals surface area contributed by atoms with Crippen LogP contribution in [0, 0.1) is 0 Å². The highest BCUT2D eigenvalue weighted by atomic mass is 16.5. The van der Waals surface area contributed by atoms with Gasteiger partial charge in [0.2, 0.25) is 0 Å². The van der Waals surface area contributed by atoms with Gasteiger partial charge in [0.1, 0.15) is 12.4 Å². The predicted octanol–water partition coefficient (Wildman–Crippen LogP) is 2.56. The number of ether oxygens (including phenoxy) is 3. The van der Waals surface area contributed by atoms with E-state index in [4.69, 9.17) is 14.2 Å². The molecular formula is C18H24N4O3. The van der Waals surface area contributed by atoms with Crippen molar-refractivity contribution in [2.24, 2.45) is 4.99 Å². The molecule has 2 rings (SSSR count). The average Bonchev–Trinajstić information content (AvgIpc) is 2.66. The number of nitrogens with zero attached hydrogens (tertiary/aromatic N) is 2. The van der Waals surface area contributed by atoms with Crippen LogP contribution in [0.5, 0.6) is 17.2 Å². The molecule has 0 aliphatic heterocycles. The van der Waals surface area contributed by atoms with Crippen molar-refractivity contribution in [3.05, 3.63) is 42.7 Å². The Hall–Kier alpha value is -2.96. The van der Waals surface area contributed by atoms with E-state index < -0.39 is 0 Å². The molecule has 0 fully saturated rings. The van der Waals surface area contributed by atoms with Crippen molar-refractivity contribution in [1.29, 1.82) is 0 Å². The lowest BCUT2D eigenvalue weighted by molar-refractivity contribution is 0.327. The Morgan fingerprint density at radius 3 is 2.68 bits per heavy atom. The number of hydrogen-bond donors (Lipinski definition) is 2. The Balaban J connectivity index is 1.95. The normalized spacial score (nSPS) is 10.9. The Morgan fingerprint density at radius 2 is 2.00 bits per heavy atom. The molecule has 25 heavy (non-hydrogen) atoms. The second-order valence-electron chi connectivity index (χ2n) is 4.99. The molecule has 2 N–H and O–H groups in total. The molecule has 0 unspecified atom stereocenters. The minimum absolute atomic E-state index is 0.466. The summed E-state index contributed by atoms with van der Waals surface area (Å²) < 4.78 is 16.1. The zero-order valence-electron chi connectivity index (χ0n) is 14.8. The second-order valence-corrected chi connectivity index (χ2v) is 4.99. The molecular weight excluding hydrogens is 320 g/mol. The van der Waals surface area contributed by atoms with Gasteiger partial charge in [-0.3, -0.25) is 4.98 Å². The van der Waals surface area contributed by atoms with Crippen LogP contribution in [0.2, 0.25) is 0 Å². The highest BCUT2D eigenvalue weighted by Crippen LogP contribution is 2.29. The molecule has 1 aromatic carbocycles. The molecule has 0 amide bonds. The lowest BCUT2D eigenvalue weighted by Crippen LogP contribution is -2.31. The minimum Gasteiger partial charge on any atom is -0.493 e. The lowest BCUT2D eigenvalue weighted by atomic mass is 10.3. The number of aromatic nitrogens is 1. The van der Waals surface area contributed by atoms with Gasteiger partial charge >= 0.3 is 0 Å². The van der Waals surface area contributed by atoms with Crippen LogP contribution in [0.25, 0.3) is 0 Å². The Bertz CT molecular complexity index is 677. The summed E-state index contributed by atoms with van der Waals surface area (Å²) in [4.78, 5) is 8.51. The summed E-state index contributed by atoms with van der Waals surface area (Å²) in [6.07, 6.45) is 3.39. The molecule has 0 aliphatic carbocycles.